The van der Waals surface area contributed by atoms with E-state index in [2.05, 4.69) is 15.4 Å². The number of tetrazole rings is 1. The topological polar surface area (TPSA) is 63.8 Å². The Morgan fingerprint density at radius 3 is 3.06 bits per heavy atom. The van der Waals surface area contributed by atoms with Crippen LogP contribution in [0.1, 0.15) is 23.4 Å². The average Bonchev–Trinajstić information content (AvgIpc) is 2.84. The Bertz CT molecular complexity index is 598. The van der Waals surface area contributed by atoms with Gasteiger partial charge in [0.15, 0.2) is 5.82 Å². The third-order valence-corrected chi connectivity index (χ3v) is 3.38. The van der Waals surface area contributed by atoms with Crippen molar-refractivity contribution in [2.45, 2.75) is 24.9 Å². The van der Waals surface area contributed by atoms with Crippen LogP contribution in [0, 0.1) is 5.82 Å². The summed E-state index contributed by atoms with van der Waals surface area (Å²) in [6, 6.07) is 4.50. The number of aryl methyl sites for hydroxylation is 2. The van der Waals surface area contributed by atoms with Gasteiger partial charge in [0.2, 0.25) is 0 Å². The Kier molecular flexibility index (Phi) is 2.41. The summed E-state index contributed by atoms with van der Waals surface area (Å²) in [7, 11) is 1.68. The summed E-state index contributed by atoms with van der Waals surface area (Å²) in [6.45, 7) is 0. The van der Waals surface area contributed by atoms with Crippen LogP contribution in [0.2, 0.25) is 0 Å². The van der Waals surface area contributed by atoms with Gasteiger partial charge >= 0.3 is 0 Å². The number of halogens is 1. The molecule has 3 rings (SSSR count). The van der Waals surface area contributed by atoms with Crippen molar-refractivity contribution in [1.29, 1.82) is 0 Å². The van der Waals surface area contributed by atoms with Crippen molar-refractivity contribution in [3.8, 4) is 0 Å². The molecule has 1 N–H and O–H groups in total. The lowest BCUT2D eigenvalue weighted by Gasteiger charge is -2.22. The molecule has 1 aromatic heterocycles. The third-order valence-electron chi connectivity index (χ3n) is 3.38. The van der Waals surface area contributed by atoms with Crippen LogP contribution >= 0.6 is 0 Å². The van der Waals surface area contributed by atoms with Gasteiger partial charge in [0.1, 0.15) is 5.82 Å². The summed E-state index contributed by atoms with van der Waals surface area (Å²) in [4.78, 5) is 1.36. The zero-order valence-electron chi connectivity index (χ0n) is 9.97. The molecule has 6 heteroatoms. The number of hydrogen-bond donors (Lipinski definition) is 1. The number of aromatic nitrogens is 4. The lowest BCUT2D eigenvalue weighted by Crippen LogP contribution is -2.26. The van der Waals surface area contributed by atoms with Gasteiger partial charge in [0, 0.05) is 6.42 Å². The Morgan fingerprint density at radius 1 is 1.50 bits per heavy atom. The number of nitrogens with zero attached hydrogens (tertiary/aromatic N) is 4. The van der Waals surface area contributed by atoms with E-state index in [-0.39, 0.29) is 5.82 Å². The van der Waals surface area contributed by atoms with Crippen LogP contribution in [0.15, 0.2) is 18.2 Å². The first kappa shape index (κ1) is 11.3. The van der Waals surface area contributed by atoms with Crippen molar-refractivity contribution in [3.05, 3.63) is 41.0 Å². The number of hydrogen-bond acceptors (Lipinski definition) is 4. The Hall–Kier alpha value is -1.82. The molecule has 0 saturated carbocycles. The number of aliphatic hydroxyl groups is 1. The summed E-state index contributed by atoms with van der Waals surface area (Å²) in [5, 5.41) is 22.4. The zero-order chi connectivity index (χ0) is 12.8. The maximum Gasteiger partial charge on any atom is 0.178 e. The SMILES string of the molecule is Cn1nnc(CC2(O)CCc3cc(F)ccc32)n1. The van der Waals surface area contributed by atoms with E-state index in [0.717, 1.165) is 11.1 Å². The van der Waals surface area contributed by atoms with Gasteiger partial charge in [-0.25, -0.2) is 4.39 Å². The first-order valence-electron chi connectivity index (χ1n) is 5.81. The van der Waals surface area contributed by atoms with Crippen molar-refractivity contribution in [2.24, 2.45) is 7.05 Å². The van der Waals surface area contributed by atoms with Crippen LogP contribution < -0.4 is 0 Å². The largest absolute Gasteiger partial charge is 0.385 e. The molecule has 0 spiro atoms. The lowest BCUT2D eigenvalue weighted by atomic mass is 9.92. The van der Waals surface area contributed by atoms with E-state index in [0.29, 0.717) is 25.1 Å². The van der Waals surface area contributed by atoms with E-state index < -0.39 is 5.60 Å². The summed E-state index contributed by atoms with van der Waals surface area (Å²) in [5.41, 5.74) is 0.629. The molecule has 0 radical (unpaired) electrons. The Morgan fingerprint density at radius 2 is 2.33 bits per heavy atom. The van der Waals surface area contributed by atoms with E-state index in [1.165, 1.54) is 16.9 Å². The second kappa shape index (κ2) is 3.84. The normalized spacial score (nSPS) is 22.2. The van der Waals surface area contributed by atoms with Crippen LogP contribution in [-0.4, -0.2) is 25.3 Å². The van der Waals surface area contributed by atoms with Gasteiger partial charge in [-0.2, -0.15) is 4.80 Å². The Balaban J connectivity index is 1.94. The molecule has 1 aliphatic carbocycles. The van der Waals surface area contributed by atoms with E-state index in [9.17, 15) is 9.50 Å². The van der Waals surface area contributed by atoms with E-state index in [1.807, 2.05) is 0 Å². The summed E-state index contributed by atoms with van der Waals surface area (Å²) in [6.07, 6.45) is 1.54. The van der Waals surface area contributed by atoms with E-state index in [4.69, 9.17) is 0 Å². The van der Waals surface area contributed by atoms with Gasteiger partial charge < -0.3 is 5.11 Å². The molecule has 2 aromatic rings. The minimum Gasteiger partial charge on any atom is -0.385 e. The van der Waals surface area contributed by atoms with Gasteiger partial charge in [-0.1, -0.05) is 6.07 Å². The fourth-order valence-corrected chi connectivity index (χ4v) is 2.54. The molecule has 1 atom stereocenters. The maximum atomic E-state index is 13.1. The van der Waals surface area contributed by atoms with Crippen LogP contribution in [0.4, 0.5) is 4.39 Å². The molecule has 0 fully saturated rings. The monoisotopic (exact) mass is 248 g/mol. The number of benzene rings is 1. The lowest BCUT2D eigenvalue weighted by molar-refractivity contribution is 0.0368. The summed E-state index contributed by atoms with van der Waals surface area (Å²) >= 11 is 0. The van der Waals surface area contributed by atoms with Crippen molar-refractivity contribution in [1.82, 2.24) is 20.2 Å². The highest BCUT2D eigenvalue weighted by molar-refractivity contribution is 5.38. The standard InChI is InChI=1S/C12H13FN4O/c1-17-15-11(14-16-17)7-12(18)5-4-8-6-9(13)2-3-10(8)12/h2-3,6,18H,4-5,7H2,1H3. The average molecular weight is 248 g/mol. The molecule has 1 aromatic carbocycles. The predicted octanol–water partition coefficient (Wildman–Crippen LogP) is 0.726. The summed E-state index contributed by atoms with van der Waals surface area (Å²) < 4.78 is 13.1. The van der Waals surface area contributed by atoms with Crippen LogP contribution in [0.25, 0.3) is 0 Å². The molecule has 1 aliphatic rings. The number of rotatable bonds is 2. The molecule has 18 heavy (non-hydrogen) atoms. The predicted molar refractivity (Wildman–Crippen MR) is 61.1 cm³/mol. The fourth-order valence-electron chi connectivity index (χ4n) is 2.54. The zero-order valence-corrected chi connectivity index (χ0v) is 9.97. The number of fused-ring (bicyclic) bond motifs is 1. The van der Waals surface area contributed by atoms with Gasteiger partial charge in [0.25, 0.3) is 0 Å². The fraction of sp³-hybridized carbons (Fsp3) is 0.417. The third kappa shape index (κ3) is 1.78. The van der Waals surface area contributed by atoms with Crippen molar-refractivity contribution >= 4 is 0 Å². The first-order chi connectivity index (χ1) is 8.57. The van der Waals surface area contributed by atoms with Gasteiger partial charge in [0.05, 0.1) is 12.6 Å². The van der Waals surface area contributed by atoms with Gasteiger partial charge in [-0.15, -0.1) is 10.2 Å². The highest BCUT2D eigenvalue weighted by Gasteiger charge is 2.38. The van der Waals surface area contributed by atoms with Gasteiger partial charge in [-0.3, -0.25) is 0 Å². The second-order valence-electron chi connectivity index (χ2n) is 4.70. The van der Waals surface area contributed by atoms with Crippen molar-refractivity contribution < 1.29 is 9.50 Å². The molecule has 0 saturated heterocycles. The molecule has 0 aliphatic heterocycles. The van der Waals surface area contributed by atoms with Crippen LogP contribution in [0.5, 0.6) is 0 Å². The van der Waals surface area contributed by atoms with Crippen LogP contribution in [0.3, 0.4) is 0 Å². The van der Waals surface area contributed by atoms with Crippen molar-refractivity contribution in [3.63, 3.8) is 0 Å². The second-order valence-corrected chi connectivity index (χ2v) is 4.70. The molecule has 0 amide bonds. The first-order valence-corrected chi connectivity index (χ1v) is 5.81. The Labute approximate surface area is 103 Å². The van der Waals surface area contributed by atoms with Crippen LogP contribution in [-0.2, 0) is 25.5 Å². The van der Waals surface area contributed by atoms with Gasteiger partial charge in [-0.05, 0) is 41.3 Å². The summed E-state index contributed by atoms with van der Waals surface area (Å²) in [5.74, 6) is 0.229. The molecule has 5 nitrogen and oxygen atoms in total. The maximum absolute atomic E-state index is 13.1. The van der Waals surface area contributed by atoms with E-state index in [1.54, 1.807) is 13.1 Å². The highest BCUT2D eigenvalue weighted by Crippen LogP contribution is 2.38. The quantitative estimate of drug-likeness (QED) is 0.850. The minimum absolute atomic E-state index is 0.268. The van der Waals surface area contributed by atoms with E-state index >= 15 is 0 Å². The molecule has 1 unspecified atom stereocenters. The minimum atomic E-state index is -1.01. The molecular weight excluding hydrogens is 235 g/mol. The smallest absolute Gasteiger partial charge is 0.178 e. The molecule has 94 valence electrons. The highest BCUT2D eigenvalue weighted by atomic mass is 19.1. The molecular formula is C12H13FN4O. The van der Waals surface area contributed by atoms with Crippen molar-refractivity contribution in [2.75, 3.05) is 0 Å². The molecule has 1 heterocycles. The molecule has 0 bridgehead atoms.